The van der Waals surface area contributed by atoms with E-state index in [1.54, 1.807) is 0 Å². The summed E-state index contributed by atoms with van der Waals surface area (Å²) in [7, 11) is 0. The fourth-order valence-corrected chi connectivity index (χ4v) is 2.85. The molecule has 1 unspecified atom stereocenters. The van der Waals surface area contributed by atoms with Crippen molar-refractivity contribution in [1.29, 1.82) is 0 Å². The number of carbonyl (C=O) groups is 1. The summed E-state index contributed by atoms with van der Waals surface area (Å²) in [5.41, 5.74) is -0.515. The van der Waals surface area contributed by atoms with Gasteiger partial charge < -0.3 is 5.11 Å². The van der Waals surface area contributed by atoms with Gasteiger partial charge in [0.25, 0.3) is 0 Å². The summed E-state index contributed by atoms with van der Waals surface area (Å²) >= 11 is 0. The zero-order valence-corrected chi connectivity index (χ0v) is 11.7. The molecule has 0 amide bonds. The number of rotatable bonds is 4. The van der Waals surface area contributed by atoms with Crippen LogP contribution in [0.25, 0.3) is 0 Å². The molecule has 1 N–H and O–H groups in total. The van der Waals surface area contributed by atoms with Gasteiger partial charge in [0.05, 0.1) is 5.41 Å². The smallest absolute Gasteiger partial charge is 0.311 e. The highest BCUT2D eigenvalue weighted by atomic mass is 19.2. The second kappa shape index (κ2) is 5.48. The Bertz CT molecular complexity index is 519. The number of hydrogen-bond acceptors (Lipinski definition) is 2. The van der Waals surface area contributed by atoms with Crippen LogP contribution in [0, 0.1) is 23.0 Å². The first kappa shape index (κ1) is 14.9. The van der Waals surface area contributed by atoms with Gasteiger partial charge in [0.2, 0.25) is 0 Å². The monoisotopic (exact) mass is 283 g/mol. The maximum Gasteiger partial charge on any atom is 0.311 e. The molecule has 5 heteroatoms. The Morgan fingerprint density at radius 3 is 2.70 bits per heavy atom. The maximum absolute atomic E-state index is 13.6. The van der Waals surface area contributed by atoms with Crippen LogP contribution < -0.4 is 0 Å². The lowest BCUT2D eigenvalue weighted by molar-refractivity contribution is -0.151. The molecule has 20 heavy (non-hydrogen) atoms. The van der Waals surface area contributed by atoms with Crippen molar-refractivity contribution in [2.75, 3.05) is 13.1 Å². The van der Waals surface area contributed by atoms with Crippen LogP contribution in [0.5, 0.6) is 0 Å². The third kappa shape index (κ3) is 2.54. The molecule has 0 spiro atoms. The van der Waals surface area contributed by atoms with Gasteiger partial charge in [-0.25, -0.2) is 8.78 Å². The maximum atomic E-state index is 13.6. The lowest BCUT2D eigenvalue weighted by Crippen LogP contribution is -2.39. The molecule has 0 radical (unpaired) electrons. The molecule has 0 bridgehead atoms. The van der Waals surface area contributed by atoms with Crippen LogP contribution in [0.1, 0.15) is 25.8 Å². The number of carboxylic acids is 1. The highest BCUT2D eigenvalue weighted by Crippen LogP contribution is 2.38. The average Bonchev–Trinajstić information content (AvgIpc) is 2.80. The zero-order chi connectivity index (χ0) is 14.9. The summed E-state index contributed by atoms with van der Waals surface area (Å²) in [6.07, 6.45) is 0.539. The molecule has 1 fully saturated rings. The van der Waals surface area contributed by atoms with E-state index in [0.717, 1.165) is 6.07 Å². The Balaban J connectivity index is 2.14. The van der Waals surface area contributed by atoms with Crippen molar-refractivity contribution in [3.63, 3.8) is 0 Å². The Hall–Kier alpha value is -1.49. The van der Waals surface area contributed by atoms with Crippen molar-refractivity contribution in [2.24, 2.45) is 11.3 Å². The van der Waals surface area contributed by atoms with Crippen molar-refractivity contribution in [1.82, 2.24) is 4.90 Å². The largest absolute Gasteiger partial charge is 0.481 e. The standard InChI is InChI=1S/C15H19F2NO2/c1-10(2)15(14(19)20)6-7-18(9-15)8-11-4-3-5-12(16)13(11)17/h3-5,10H,6-9H2,1-2H3,(H,19,20). The fraction of sp³-hybridized carbons (Fsp3) is 0.533. The van der Waals surface area contributed by atoms with Gasteiger partial charge in [-0.1, -0.05) is 26.0 Å². The Labute approximate surface area is 117 Å². The van der Waals surface area contributed by atoms with Gasteiger partial charge in [-0.15, -0.1) is 0 Å². The molecule has 0 aliphatic carbocycles. The quantitative estimate of drug-likeness (QED) is 0.923. The fourth-order valence-electron chi connectivity index (χ4n) is 2.85. The number of carboxylic acid groups (broad SMARTS) is 1. The van der Waals surface area contributed by atoms with E-state index in [-0.39, 0.29) is 18.0 Å². The molecular formula is C15H19F2NO2. The summed E-state index contributed by atoms with van der Waals surface area (Å²) < 4.78 is 26.8. The molecule has 1 aliphatic rings. The number of nitrogens with zero attached hydrogens (tertiary/aromatic N) is 1. The molecule has 3 nitrogen and oxygen atoms in total. The van der Waals surface area contributed by atoms with Crippen LogP contribution in [0.4, 0.5) is 8.78 Å². The van der Waals surface area contributed by atoms with E-state index in [0.29, 0.717) is 19.5 Å². The normalized spacial score (nSPS) is 23.4. The van der Waals surface area contributed by atoms with Gasteiger partial charge in [0.1, 0.15) is 0 Å². The van der Waals surface area contributed by atoms with Crippen molar-refractivity contribution in [3.05, 3.63) is 35.4 Å². The summed E-state index contributed by atoms with van der Waals surface area (Å²) in [5.74, 6) is -2.52. The van der Waals surface area contributed by atoms with Gasteiger partial charge >= 0.3 is 5.97 Å². The van der Waals surface area contributed by atoms with E-state index >= 15 is 0 Å². The number of hydrogen-bond donors (Lipinski definition) is 1. The summed E-state index contributed by atoms with van der Waals surface area (Å²) in [6.45, 7) is 4.97. The SMILES string of the molecule is CC(C)C1(C(=O)O)CCN(Cc2cccc(F)c2F)C1. The third-order valence-electron chi connectivity index (χ3n) is 4.34. The Morgan fingerprint density at radius 1 is 1.45 bits per heavy atom. The van der Waals surface area contributed by atoms with Gasteiger partial charge in [-0.3, -0.25) is 9.69 Å². The first-order valence-corrected chi connectivity index (χ1v) is 6.75. The third-order valence-corrected chi connectivity index (χ3v) is 4.34. The summed E-state index contributed by atoms with van der Waals surface area (Å²) in [4.78, 5) is 13.4. The molecule has 1 saturated heterocycles. The van der Waals surface area contributed by atoms with E-state index in [1.807, 2.05) is 18.7 Å². The molecule has 1 heterocycles. The lowest BCUT2D eigenvalue weighted by atomic mass is 9.76. The molecule has 0 aromatic heterocycles. The second-order valence-electron chi connectivity index (χ2n) is 5.79. The van der Waals surface area contributed by atoms with Crippen LogP contribution in [-0.4, -0.2) is 29.1 Å². The molecule has 1 aromatic rings. The van der Waals surface area contributed by atoms with Crippen molar-refractivity contribution in [2.45, 2.75) is 26.8 Å². The van der Waals surface area contributed by atoms with E-state index in [9.17, 15) is 18.7 Å². The van der Waals surface area contributed by atoms with Crippen LogP contribution in [0.15, 0.2) is 18.2 Å². The van der Waals surface area contributed by atoms with Crippen LogP contribution in [-0.2, 0) is 11.3 Å². The number of halogens is 2. The van der Waals surface area contributed by atoms with Crippen LogP contribution >= 0.6 is 0 Å². The number of aliphatic carboxylic acids is 1. The lowest BCUT2D eigenvalue weighted by Gasteiger charge is -2.28. The van der Waals surface area contributed by atoms with Crippen LogP contribution in [0.2, 0.25) is 0 Å². The number of benzene rings is 1. The summed E-state index contributed by atoms with van der Waals surface area (Å²) in [6, 6.07) is 4.09. The highest BCUT2D eigenvalue weighted by Gasteiger charge is 2.47. The van der Waals surface area contributed by atoms with E-state index < -0.39 is 23.0 Å². The molecule has 2 rings (SSSR count). The van der Waals surface area contributed by atoms with Gasteiger partial charge in [-0.05, 0) is 24.9 Å². The van der Waals surface area contributed by atoms with Gasteiger partial charge in [0, 0.05) is 18.7 Å². The minimum absolute atomic E-state index is 0.00218. The molecule has 1 aliphatic heterocycles. The summed E-state index contributed by atoms with van der Waals surface area (Å²) in [5, 5.41) is 9.46. The first-order chi connectivity index (χ1) is 9.36. The predicted octanol–water partition coefficient (Wildman–Crippen LogP) is 2.90. The highest BCUT2D eigenvalue weighted by molar-refractivity contribution is 5.75. The second-order valence-corrected chi connectivity index (χ2v) is 5.79. The van der Waals surface area contributed by atoms with E-state index in [1.165, 1.54) is 12.1 Å². The van der Waals surface area contributed by atoms with Crippen LogP contribution in [0.3, 0.4) is 0 Å². The first-order valence-electron chi connectivity index (χ1n) is 6.75. The average molecular weight is 283 g/mol. The van der Waals surface area contributed by atoms with Crippen molar-refractivity contribution in [3.8, 4) is 0 Å². The molecular weight excluding hydrogens is 264 g/mol. The Kier molecular flexibility index (Phi) is 4.09. The minimum atomic E-state index is -0.866. The van der Waals surface area contributed by atoms with E-state index in [4.69, 9.17) is 0 Å². The predicted molar refractivity (Wildman–Crippen MR) is 71.2 cm³/mol. The van der Waals surface area contributed by atoms with Gasteiger partial charge in [0.15, 0.2) is 11.6 Å². The zero-order valence-electron chi connectivity index (χ0n) is 11.7. The van der Waals surface area contributed by atoms with Crippen molar-refractivity contribution >= 4 is 5.97 Å². The number of likely N-dealkylation sites (tertiary alicyclic amines) is 1. The molecule has 1 atom stereocenters. The van der Waals surface area contributed by atoms with Crippen molar-refractivity contribution < 1.29 is 18.7 Å². The topological polar surface area (TPSA) is 40.5 Å². The van der Waals surface area contributed by atoms with Gasteiger partial charge in [-0.2, -0.15) is 0 Å². The Morgan fingerprint density at radius 2 is 2.15 bits per heavy atom. The van der Waals surface area contributed by atoms with E-state index in [2.05, 4.69) is 0 Å². The molecule has 1 aromatic carbocycles. The molecule has 0 saturated carbocycles. The minimum Gasteiger partial charge on any atom is -0.481 e. The molecule has 110 valence electrons.